The molecule has 0 aliphatic carbocycles. The first-order valence-electron chi connectivity index (χ1n) is 11.4. The molecule has 4 aromatic rings. The summed E-state index contributed by atoms with van der Waals surface area (Å²) in [6.07, 6.45) is 2.06. The maximum absolute atomic E-state index is 12.7. The summed E-state index contributed by atoms with van der Waals surface area (Å²) in [4.78, 5) is 15.1. The van der Waals surface area contributed by atoms with Crippen molar-refractivity contribution in [3.63, 3.8) is 0 Å². The van der Waals surface area contributed by atoms with Crippen molar-refractivity contribution in [3.05, 3.63) is 101 Å². The van der Waals surface area contributed by atoms with Gasteiger partial charge in [0.15, 0.2) is 0 Å². The summed E-state index contributed by atoms with van der Waals surface area (Å²) < 4.78 is 1.99. The van der Waals surface area contributed by atoms with Crippen molar-refractivity contribution in [2.75, 3.05) is 13.1 Å². The van der Waals surface area contributed by atoms with Gasteiger partial charge in [-0.1, -0.05) is 74.0 Å². The lowest BCUT2D eigenvalue weighted by atomic mass is 10.1. The summed E-state index contributed by atoms with van der Waals surface area (Å²) in [5.41, 5.74) is 3.65. The normalized spacial score (nSPS) is 12.2. The molecule has 6 heteroatoms. The smallest absolute Gasteiger partial charge is 0.251 e. The van der Waals surface area contributed by atoms with Crippen LogP contribution in [0.5, 0.6) is 0 Å². The van der Waals surface area contributed by atoms with Crippen molar-refractivity contribution in [1.82, 2.24) is 20.0 Å². The fourth-order valence-electron chi connectivity index (χ4n) is 4.18. The molecule has 5 nitrogen and oxygen atoms in total. The van der Waals surface area contributed by atoms with Crippen molar-refractivity contribution in [2.24, 2.45) is 0 Å². The Labute approximate surface area is 200 Å². The molecular weight excluding hydrogens is 432 g/mol. The minimum Gasteiger partial charge on any atom is -0.348 e. The number of carbonyl (C=O) groups is 1. The minimum atomic E-state index is -0.128. The number of hydrogen-bond donors (Lipinski definition) is 1. The van der Waals surface area contributed by atoms with Gasteiger partial charge in [0.2, 0.25) is 0 Å². The lowest BCUT2D eigenvalue weighted by molar-refractivity contribution is 0.0951. The first kappa shape index (κ1) is 23.0. The molecule has 1 N–H and O–H groups in total. The molecule has 1 aromatic heterocycles. The number of carbonyl (C=O) groups excluding carboxylic acids is 1. The summed E-state index contributed by atoms with van der Waals surface area (Å²) in [6, 6.07) is 23.9. The van der Waals surface area contributed by atoms with E-state index in [1.54, 1.807) is 0 Å². The van der Waals surface area contributed by atoms with Crippen molar-refractivity contribution < 1.29 is 4.79 Å². The summed E-state index contributed by atoms with van der Waals surface area (Å²) in [6.45, 7) is 7.48. The Morgan fingerprint density at radius 2 is 1.82 bits per heavy atom. The highest BCUT2D eigenvalue weighted by atomic mass is 35.5. The lowest BCUT2D eigenvalue weighted by Crippen LogP contribution is -2.31. The van der Waals surface area contributed by atoms with E-state index in [1.807, 2.05) is 53.2 Å². The third kappa shape index (κ3) is 5.62. The molecule has 0 saturated carbocycles. The number of hydrogen-bond acceptors (Lipinski definition) is 3. The molecule has 1 atom stereocenters. The van der Waals surface area contributed by atoms with Gasteiger partial charge in [0.25, 0.3) is 5.91 Å². The third-order valence-electron chi connectivity index (χ3n) is 5.96. The van der Waals surface area contributed by atoms with Crippen LogP contribution < -0.4 is 5.32 Å². The summed E-state index contributed by atoms with van der Waals surface area (Å²) in [5.74, 6) is -0.128. The molecule has 0 aliphatic heterocycles. The molecule has 0 bridgehead atoms. The first-order chi connectivity index (χ1) is 16.1. The summed E-state index contributed by atoms with van der Waals surface area (Å²) in [7, 11) is 0. The first-order valence-corrected chi connectivity index (χ1v) is 11.7. The molecule has 3 aromatic carbocycles. The molecule has 4 rings (SSSR count). The van der Waals surface area contributed by atoms with Crippen LogP contribution in [0.3, 0.4) is 0 Å². The van der Waals surface area contributed by atoms with E-state index in [-0.39, 0.29) is 11.9 Å². The number of rotatable bonds is 9. The average Bonchev–Trinajstić information content (AvgIpc) is 3.25. The largest absolute Gasteiger partial charge is 0.348 e. The molecule has 0 spiro atoms. The molecule has 33 heavy (non-hydrogen) atoms. The Kier molecular flexibility index (Phi) is 7.43. The third-order valence-corrected chi connectivity index (χ3v) is 6.19. The second-order valence-corrected chi connectivity index (χ2v) is 8.52. The fraction of sp³-hybridized carbons (Fsp3) is 0.259. The van der Waals surface area contributed by atoms with Crippen LogP contribution in [0.4, 0.5) is 0 Å². The highest BCUT2D eigenvalue weighted by molar-refractivity contribution is 6.30. The van der Waals surface area contributed by atoms with Crippen molar-refractivity contribution in [2.45, 2.75) is 33.0 Å². The molecular formula is C27H29ClN4O. The van der Waals surface area contributed by atoms with Gasteiger partial charge in [0.05, 0.1) is 18.1 Å². The Morgan fingerprint density at radius 3 is 2.55 bits per heavy atom. The Balaban J connectivity index is 1.51. The average molecular weight is 461 g/mol. The Hall–Kier alpha value is -3.15. The van der Waals surface area contributed by atoms with Crippen LogP contribution in [0.1, 0.15) is 41.4 Å². The fourth-order valence-corrected chi connectivity index (χ4v) is 4.39. The molecule has 170 valence electrons. The van der Waals surface area contributed by atoms with Gasteiger partial charge in [0, 0.05) is 28.7 Å². The van der Waals surface area contributed by atoms with Gasteiger partial charge < -0.3 is 5.32 Å². The second-order valence-electron chi connectivity index (χ2n) is 8.09. The molecule has 1 heterocycles. The number of aromatic nitrogens is 2. The predicted octanol–water partition coefficient (Wildman–Crippen LogP) is 5.70. The van der Waals surface area contributed by atoms with Crippen molar-refractivity contribution in [1.29, 1.82) is 0 Å². The molecule has 1 amide bonds. The van der Waals surface area contributed by atoms with Crippen LogP contribution >= 0.6 is 11.6 Å². The molecule has 0 aliphatic rings. The van der Waals surface area contributed by atoms with E-state index in [0.29, 0.717) is 17.1 Å². The zero-order valence-electron chi connectivity index (χ0n) is 19.0. The van der Waals surface area contributed by atoms with Crippen LogP contribution in [0.25, 0.3) is 10.9 Å². The van der Waals surface area contributed by atoms with Gasteiger partial charge in [-0.25, -0.2) is 0 Å². The van der Waals surface area contributed by atoms with E-state index in [1.165, 1.54) is 5.56 Å². The maximum Gasteiger partial charge on any atom is 0.251 e. The SMILES string of the molecule is CCN(CC)C(Cn1cc2ccc(C(=O)NCc3cccc(Cl)c3)cc2n1)c1ccccc1. The number of likely N-dealkylation sites (N-methyl/N-ethyl adjacent to an activating group) is 1. The summed E-state index contributed by atoms with van der Waals surface area (Å²) >= 11 is 6.03. The van der Waals surface area contributed by atoms with Crippen LogP contribution in [-0.2, 0) is 13.1 Å². The zero-order chi connectivity index (χ0) is 23.2. The van der Waals surface area contributed by atoms with E-state index < -0.39 is 0 Å². The van der Waals surface area contributed by atoms with E-state index in [4.69, 9.17) is 16.7 Å². The number of benzene rings is 3. The van der Waals surface area contributed by atoms with E-state index >= 15 is 0 Å². The molecule has 1 unspecified atom stereocenters. The van der Waals surface area contributed by atoms with Gasteiger partial charge in [0.1, 0.15) is 0 Å². The van der Waals surface area contributed by atoms with Crippen molar-refractivity contribution in [3.8, 4) is 0 Å². The number of amides is 1. The van der Waals surface area contributed by atoms with E-state index in [0.717, 1.165) is 36.1 Å². The second kappa shape index (κ2) is 10.6. The Bertz CT molecular complexity index is 1220. The van der Waals surface area contributed by atoms with E-state index in [2.05, 4.69) is 54.5 Å². The molecule has 0 saturated heterocycles. The quantitative estimate of drug-likeness (QED) is 0.348. The number of fused-ring (bicyclic) bond motifs is 1. The van der Waals surface area contributed by atoms with Crippen LogP contribution in [0.15, 0.2) is 79.0 Å². The number of nitrogens with zero attached hydrogens (tertiary/aromatic N) is 3. The lowest BCUT2D eigenvalue weighted by Gasteiger charge is -2.30. The van der Waals surface area contributed by atoms with Gasteiger partial charge >= 0.3 is 0 Å². The zero-order valence-corrected chi connectivity index (χ0v) is 19.8. The molecule has 0 radical (unpaired) electrons. The maximum atomic E-state index is 12.7. The van der Waals surface area contributed by atoms with Gasteiger partial charge in [-0.2, -0.15) is 5.10 Å². The van der Waals surface area contributed by atoms with Gasteiger partial charge in [-0.15, -0.1) is 0 Å². The standard InChI is InChI=1S/C27H29ClN4O/c1-3-31(4-2)26(21-10-6-5-7-11-21)19-32-18-23-14-13-22(16-25(23)30-32)27(33)29-17-20-9-8-12-24(28)15-20/h5-16,18,26H,3-4,17,19H2,1-2H3,(H,29,33). The van der Waals surface area contributed by atoms with Gasteiger partial charge in [-0.3, -0.25) is 14.4 Å². The topological polar surface area (TPSA) is 50.2 Å². The van der Waals surface area contributed by atoms with E-state index in [9.17, 15) is 4.79 Å². The Morgan fingerprint density at radius 1 is 1.03 bits per heavy atom. The van der Waals surface area contributed by atoms with Crippen LogP contribution in [-0.4, -0.2) is 33.7 Å². The number of nitrogens with one attached hydrogen (secondary N) is 1. The summed E-state index contributed by atoms with van der Waals surface area (Å²) in [5, 5.41) is 9.43. The van der Waals surface area contributed by atoms with Crippen molar-refractivity contribution >= 4 is 28.4 Å². The monoisotopic (exact) mass is 460 g/mol. The number of halogens is 1. The predicted molar refractivity (Wildman–Crippen MR) is 134 cm³/mol. The van der Waals surface area contributed by atoms with Gasteiger partial charge in [-0.05, 0) is 48.5 Å². The van der Waals surface area contributed by atoms with Crippen LogP contribution in [0.2, 0.25) is 5.02 Å². The molecule has 0 fully saturated rings. The minimum absolute atomic E-state index is 0.128. The highest BCUT2D eigenvalue weighted by Crippen LogP contribution is 2.24. The van der Waals surface area contributed by atoms with Crippen LogP contribution in [0, 0.1) is 0 Å². The highest BCUT2D eigenvalue weighted by Gasteiger charge is 2.19.